The SMILES string of the molecule is CCCCCOc1ccc(CNCC(C)C)cn1. The highest BCUT2D eigenvalue weighted by Gasteiger charge is 1.98. The van der Waals surface area contributed by atoms with Gasteiger partial charge in [-0.3, -0.25) is 0 Å². The second kappa shape index (κ2) is 8.92. The normalized spacial score (nSPS) is 10.9. The molecule has 0 saturated carbocycles. The van der Waals surface area contributed by atoms with Crippen LogP contribution in [-0.4, -0.2) is 18.1 Å². The van der Waals surface area contributed by atoms with Gasteiger partial charge < -0.3 is 10.1 Å². The molecule has 0 aliphatic rings. The lowest BCUT2D eigenvalue weighted by molar-refractivity contribution is 0.295. The third kappa shape index (κ3) is 6.60. The first-order chi connectivity index (χ1) is 8.72. The van der Waals surface area contributed by atoms with Gasteiger partial charge >= 0.3 is 0 Å². The van der Waals surface area contributed by atoms with Crippen LogP contribution in [0.5, 0.6) is 5.88 Å². The maximum atomic E-state index is 5.57. The molecule has 0 amide bonds. The van der Waals surface area contributed by atoms with Gasteiger partial charge in [0.1, 0.15) is 0 Å². The Morgan fingerprint density at radius 1 is 1.28 bits per heavy atom. The topological polar surface area (TPSA) is 34.1 Å². The molecule has 0 unspecified atom stereocenters. The van der Waals surface area contributed by atoms with Crippen LogP contribution >= 0.6 is 0 Å². The third-order valence-electron chi connectivity index (χ3n) is 2.68. The van der Waals surface area contributed by atoms with Gasteiger partial charge in [0.2, 0.25) is 5.88 Å². The minimum Gasteiger partial charge on any atom is -0.478 e. The summed E-state index contributed by atoms with van der Waals surface area (Å²) in [5.74, 6) is 1.41. The smallest absolute Gasteiger partial charge is 0.213 e. The molecule has 18 heavy (non-hydrogen) atoms. The summed E-state index contributed by atoms with van der Waals surface area (Å²) in [4.78, 5) is 4.31. The molecule has 0 aromatic carbocycles. The van der Waals surface area contributed by atoms with Gasteiger partial charge in [0.05, 0.1) is 6.61 Å². The van der Waals surface area contributed by atoms with Crippen LogP contribution in [0, 0.1) is 5.92 Å². The van der Waals surface area contributed by atoms with Crippen molar-refractivity contribution in [3.63, 3.8) is 0 Å². The van der Waals surface area contributed by atoms with Gasteiger partial charge in [0, 0.05) is 18.8 Å². The third-order valence-corrected chi connectivity index (χ3v) is 2.68. The minimum absolute atomic E-state index is 0.680. The number of nitrogens with one attached hydrogen (secondary N) is 1. The van der Waals surface area contributed by atoms with Crippen LogP contribution in [0.3, 0.4) is 0 Å². The Hall–Kier alpha value is -1.09. The molecule has 0 aliphatic heterocycles. The van der Waals surface area contributed by atoms with Gasteiger partial charge in [-0.15, -0.1) is 0 Å². The maximum Gasteiger partial charge on any atom is 0.213 e. The number of nitrogens with zero attached hydrogens (tertiary/aromatic N) is 1. The number of hydrogen-bond acceptors (Lipinski definition) is 3. The monoisotopic (exact) mass is 250 g/mol. The first-order valence-corrected chi connectivity index (χ1v) is 7.00. The highest BCUT2D eigenvalue weighted by Crippen LogP contribution is 2.08. The van der Waals surface area contributed by atoms with Crippen LogP contribution in [0.15, 0.2) is 18.3 Å². The van der Waals surface area contributed by atoms with Crippen molar-refractivity contribution >= 4 is 0 Å². The molecule has 0 aliphatic carbocycles. The van der Waals surface area contributed by atoms with Gasteiger partial charge in [-0.05, 0) is 24.4 Å². The molecule has 1 N–H and O–H groups in total. The fraction of sp³-hybridized carbons (Fsp3) is 0.667. The number of pyridine rings is 1. The van der Waals surface area contributed by atoms with Crippen LogP contribution < -0.4 is 10.1 Å². The second-order valence-corrected chi connectivity index (χ2v) is 5.09. The zero-order valence-electron chi connectivity index (χ0n) is 11.9. The van der Waals surface area contributed by atoms with E-state index in [1.165, 1.54) is 18.4 Å². The summed E-state index contributed by atoms with van der Waals surface area (Å²) in [6.07, 6.45) is 5.44. The molecule has 1 heterocycles. The Labute approximate surface area is 111 Å². The second-order valence-electron chi connectivity index (χ2n) is 5.09. The molecule has 0 radical (unpaired) electrons. The number of hydrogen-bond donors (Lipinski definition) is 1. The van der Waals surface area contributed by atoms with E-state index in [4.69, 9.17) is 4.74 Å². The van der Waals surface area contributed by atoms with Crippen molar-refractivity contribution in [1.82, 2.24) is 10.3 Å². The molecule has 1 rings (SSSR count). The molecule has 0 fully saturated rings. The van der Waals surface area contributed by atoms with E-state index in [1.807, 2.05) is 12.3 Å². The van der Waals surface area contributed by atoms with E-state index in [1.54, 1.807) is 0 Å². The molecule has 3 heteroatoms. The molecule has 0 bridgehead atoms. The summed E-state index contributed by atoms with van der Waals surface area (Å²) in [6, 6.07) is 4.04. The molecule has 1 aromatic rings. The first kappa shape index (κ1) is 15.0. The Bertz CT molecular complexity index is 309. The fourth-order valence-electron chi connectivity index (χ4n) is 1.63. The summed E-state index contributed by atoms with van der Waals surface area (Å²) in [5, 5.41) is 3.40. The summed E-state index contributed by atoms with van der Waals surface area (Å²) in [5.41, 5.74) is 1.21. The fourth-order valence-corrected chi connectivity index (χ4v) is 1.63. The lowest BCUT2D eigenvalue weighted by Crippen LogP contribution is -2.19. The van der Waals surface area contributed by atoms with Crippen molar-refractivity contribution in [2.45, 2.75) is 46.6 Å². The average Bonchev–Trinajstić information content (AvgIpc) is 2.36. The van der Waals surface area contributed by atoms with Gasteiger partial charge in [-0.2, -0.15) is 0 Å². The van der Waals surface area contributed by atoms with Crippen LogP contribution in [0.1, 0.15) is 45.6 Å². The summed E-state index contributed by atoms with van der Waals surface area (Å²) < 4.78 is 5.57. The Balaban J connectivity index is 2.24. The van der Waals surface area contributed by atoms with Crippen LogP contribution in [0.4, 0.5) is 0 Å². The van der Waals surface area contributed by atoms with Crippen molar-refractivity contribution in [1.29, 1.82) is 0 Å². The Morgan fingerprint density at radius 3 is 2.72 bits per heavy atom. The van der Waals surface area contributed by atoms with Gasteiger partial charge in [0.15, 0.2) is 0 Å². The molecule has 3 nitrogen and oxygen atoms in total. The standard InChI is InChI=1S/C15H26N2O/c1-4-5-6-9-18-15-8-7-14(12-17-15)11-16-10-13(2)3/h7-8,12-13,16H,4-6,9-11H2,1-3H3. The van der Waals surface area contributed by atoms with E-state index >= 15 is 0 Å². The highest BCUT2D eigenvalue weighted by atomic mass is 16.5. The van der Waals surface area contributed by atoms with Gasteiger partial charge in [-0.25, -0.2) is 4.98 Å². The number of unbranched alkanes of at least 4 members (excludes halogenated alkanes) is 2. The van der Waals surface area contributed by atoms with Gasteiger partial charge in [0.25, 0.3) is 0 Å². The van der Waals surface area contributed by atoms with E-state index < -0.39 is 0 Å². The molecular formula is C15H26N2O. The predicted molar refractivity (Wildman–Crippen MR) is 75.8 cm³/mol. The Morgan fingerprint density at radius 2 is 2.11 bits per heavy atom. The molecule has 1 aromatic heterocycles. The molecule has 0 saturated heterocycles. The molecule has 102 valence electrons. The molecule has 0 spiro atoms. The number of ether oxygens (including phenoxy) is 1. The van der Waals surface area contributed by atoms with Crippen LogP contribution in [-0.2, 0) is 6.54 Å². The van der Waals surface area contributed by atoms with Crippen molar-refractivity contribution in [3.05, 3.63) is 23.9 Å². The molecule has 0 atom stereocenters. The summed E-state index contributed by atoms with van der Waals surface area (Å²) in [7, 11) is 0. The molecular weight excluding hydrogens is 224 g/mol. The van der Waals surface area contributed by atoms with Crippen molar-refractivity contribution in [2.75, 3.05) is 13.2 Å². The lowest BCUT2D eigenvalue weighted by atomic mass is 10.2. The van der Waals surface area contributed by atoms with E-state index in [-0.39, 0.29) is 0 Å². The van der Waals surface area contributed by atoms with E-state index in [9.17, 15) is 0 Å². The van der Waals surface area contributed by atoms with Crippen LogP contribution in [0.2, 0.25) is 0 Å². The van der Waals surface area contributed by atoms with Crippen molar-refractivity contribution in [3.8, 4) is 5.88 Å². The number of aromatic nitrogens is 1. The zero-order chi connectivity index (χ0) is 13.2. The van der Waals surface area contributed by atoms with E-state index in [2.05, 4.69) is 37.1 Å². The van der Waals surface area contributed by atoms with Gasteiger partial charge in [-0.1, -0.05) is 39.7 Å². The van der Waals surface area contributed by atoms with E-state index in [0.717, 1.165) is 32.0 Å². The van der Waals surface area contributed by atoms with Crippen molar-refractivity contribution in [2.24, 2.45) is 5.92 Å². The average molecular weight is 250 g/mol. The number of rotatable bonds is 9. The summed E-state index contributed by atoms with van der Waals surface area (Å²) >= 11 is 0. The Kier molecular flexibility index (Phi) is 7.42. The van der Waals surface area contributed by atoms with Crippen molar-refractivity contribution < 1.29 is 4.74 Å². The zero-order valence-corrected chi connectivity index (χ0v) is 11.9. The maximum absolute atomic E-state index is 5.57. The summed E-state index contributed by atoms with van der Waals surface area (Å²) in [6.45, 7) is 9.29. The highest BCUT2D eigenvalue weighted by molar-refractivity contribution is 5.17. The largest absolute Gasteiger partial charge is 0.478 e. The minimum atomic E-state index is 0.680. The van der Waals surface area contributed by atoms with Crippen LogP contribution in [0.25, 0.3) is 0 Å². The lowest BCUT2D eigenvalue weighted by Gasteiger charge is -2.08. The first-order valence-electron chi connectivity index (χ1n) is 7.00. The predicted octanol–water partition coefficient (Wildman–Crippen LogP) is 3.40. The van der Waals surface area contributed by atoms with E-state index in [0.29, 0.717) is 5.92 Å². The quantitative estimate of drug-likeness (QED) is 0.682.